The van der Waals surface area contributed by atoms with Crippen molar-refractivity contribution in [1.29, 1.82) is 0 Å². The highest BCUT2D eigenvalue weighted by Crippen LogP contribution is 2.21. The first-order valence-corrected chi connectivity index (χ1v) is 9.13. The molecule has 1 heterocycles. The molecular weight excluding hydrogens is 449 g/mol. The zero-order chi connectivity index (χ0) is 18.2. The third kappa shape index (κ3) is 5.99. The lowest BCUT2D eigenvalue weighted by Gasteiger charge is -2.29. The van der Waals surface area contributed by atoms with Crippen molar-refractivity contribution >= 4 is 35.5 Å². The van der Waals surface area contributed by atoms with Crippen LogP contribution in [0.4, 0.5) is 0 Å². The van der Waals surface area contributed by atoms with Crippen LogP contribution in [0.15, 0.2) is 65.7 Å². The van der Waals surface area contributed by atoms with E-state index < -0.39 is 0 Å². The Hall–Kier alpha value is -2.02. The van der Waals surface area contributed by atoms with Crippen LogP contribution >= 0.6 is 24.0 Å². The molecule has 2 aromatic rings. The molecule has 3 rings (SSSR count). The number of aliphatic imine (C=N–C) groups is 1. The third-order valence-electron chi connectivity index (χ3n) is 4.72. The molecule has 0 spiro atoms. The topological polar surface area (TPSA) is 36.9 Å². The van der Waals surface area contributed by atoms with Gasteiger partial charge < -0.3 is 15.0 Å². The Morgan fingerprint density at radius 3 is 2.44 bits per heavy atom. The Kier molecular flexibility index (Phi) is 8.64. The molecule has 144 valence electrons. The molecule has 0 atom stereocenters. The minimum atomic E-state index is 0. The van der Waals surface area contributed by atoms with Crippen LogP contribution in [0.1, 0.15) is 17.5 Å². The lowest BCUT2D eigenvalue weighted by molar-refractivity contribution is 0.414. The fraction of sp³-hybridized carbons (Fsp3) is 0.318. The number of hydrogen-bond donors (Lipinski definition) is 1. The normalized spacial score (nSPS) is 14.2. The number of halogens is 1. The minimum Gasteiger partial charge on any atom is -0.497 e. The summed E-state index contributed by atoms with van der Waals surface area (Å²) >= 11 is 0. The molecule has 5 heteroatoms. The Bertz CT molecular complexity index is 757. The van der Waals surface area contributed by atoms with Crippen LogP contribution in [0.25, 0.3) is 5.57 Å². The number of benzene rings is 2. The molecule has 1 aliphatic heterocycles. The van der Waals surface area contributed by atoms with Gasteiger partial charge in [-0.3, -0.25) is 4.99 Å². The molecule has 1 aliphatic rings. The van der Waals surface area contributed by atoms with Gasteiger partial charge in [0.25, 0.3) is 0 Å². The highest BCUT2D eigenvalue weighted by molar-refractivity contribution is 14.0. The Labute approximate surface area is 179 Å². The quantitative estimate of drug-likeness (QED) is 0.398. The van der Waals surface area contributed by atoms with E-state index in [2.05, 4.69) is 63.7 Å². The van der Waals surface area contributed by atoms with Crippen molar-refractivity contribution in [2.75, 3.05) is 33.8 Å². The number of methoxy groups -OCH3 is 1. The molecule has 0 amide bonds. The van der Waals surface area contributed by atoms with E-state index in [1.165, 1.54) is 16.7 Å². The van der Waals surface area contributed by atoms with Gasteiger partial charge in [0.1, 0.15) is 5.75 Å². The number of hydrogen-bond acceptors (Lipinski definition) is 2. The SMILES string of the molecule is CN=C(NCCc1ccc(OC)cc1)N1CC=C(c2ccccc2)CC1.I. The molecule has 0 saturated carbocycles. The molecule has 0 radical (unpaired) electrons. The maximum Gasteiger partial charge on any atom is 0.193 e. The number of ether oxygens (including phenoxy) is 1. The molecular formula is C22H28IN3O. The van der Waals surface area contributed by atoms with E-state index >= 15 is 0 Å². The molecule has 0 fully saturated rings. The van der Waals surface area contributed by atoms with Gasteiger partial charge in [-0.2, -0.15) is 0 Å². The maximum atomic E-state index is 5.20. The van der Waals surface area contributed by atoms with Crippen molar-refractivity contribution in [1.82, 2.24) is 10.2 Å². The van der Waals surface area contributed by atoms with Crippen LogP contribution < -0.4 is 10.1 Å². The van der Waals surface area contributed by atoms with Crippen molar-refractivity contribution in [3.05, 3.63) is 71.8 Å². The molecule has 0 aromatic heterocycles. The summed E-state index contributed by atoms with van der Waals surface area (Å²) in [6.45, 7) is 2.75. The summed E-state index contributed by atoms with van der Waals surface area (Å²) in [6.07, 6.45) is 4.32. The Balaban J connectivity index is 0.00000261. The second-order valence-corrected chi connectivity index (χ2v) is 6.36. The molecule has 0 aliphatic carbocycles. The lowest BCUT2D eigenvalue weighted by Crippen LogP contribution is -2.44. The van der Waals surface area contributed by atoms with Gasteiger partial charge in [-0.05, 0) is 41.7 Å². The van der Waals surface area contributed by atoms with E-state index in [-0.39, 0.29) is 24.0 Å². The van der Waals surface area contributed by atoms with E-state index in [1.54, 1.807) is 7.11 Å². The first-order chi connectivity index (χ1) is 12.8. The Morgan fingerprint density at radius 1 is 1.11 bits per heavy atom. The van der Waals surface area contributed by atoms with Crippen molar-refractivity contribution in [3.63, 3.8) is 0 Å². The molecule has 0 bridgehead atoms. The van der Waals surface area contributed by atoms with Gasteiger partial charge >= 0.3 is 0 Å². The van der Waals surface area contributed by atoms with Crippen LogP contribution in [-0.4, -0.2) is 44.7 Å². The van der Waals surface area contributed by atoms with Crippen molar-refractivity contribution < 1.29 is 4.74 Å². The van der Waals surface area contributed by atoms with E-state index in [9.17, 15) is 0 Å². The van der Waals surface area contributed by atoms with Crippen molar-refractivity contribution in [2.45, 2.75) is 12.8 Å². The average molecular weight is 477 g/mol. The number of nitrogens with one attached hydrogen (secondary N) is 1. The van der Waals surface area contributed by atoms with Gasteiger partial charge in [-0.1, -0.05) is 48.5 Å². The largest absolute Gasteiger partial charge is 0.497 e. The summed E-state index contributed by atoms with van der Waals surface area (Å²) in [5, 5.41) is 3.49. The molecule has 0 saturated heterocycles. The predicted octanol–water partition coefficient (Wildman–Crippen LogP) is 4.22. The minimum absolute atomic E-state index is 0. The number of rotatable bonds is 5. The second kappa shape index (κ2) is 11.0. The van der Waals surface area contributed by atoms with Crippen LogP contribution in [0.2, 0.25) is 0 Å². The number of nitrogens with zero attached hydrogens (tertiary/aromatic N) is 2. The van der Waals surface area contributed by atoms with Crippen molar-refractivity contribution in [3.8, 4) is 5.75 Å². The molecule has 27 heavy (non-hydrogen) atoms. The second-order valence-electron chi connectivity index (χ2n) is 6.36. The standard InChI is InChI=1S/C22H27N3O.HI/c1-23-22(24-15-12-18-8-10-21(26-2)11-9-18)25-16-13-20(14-17-25)19-6-4-3-5-7-19;/h3-11,13H,12,14-17H2,1-2H3,(H,23,24);1H. The monoisotopic (exact) mass is 477 g/mol. The van der Waals surface area contributed by atoms with Gasteiger partial charge in [0.05, 0.1) is 7.11 Å². The lowest BCUT2D eigenvalue weighted by atomic mass is 10.00. The predicted molar refractivity (Wildman–Crippen MR) is 124 cm³/mol. The average Bonchev–Trinajstić information content (AvgIpc) is 2.72. The fourth-order valence-corrected chi connectivity index (χ4v) is 3.22. The van der Waals surface area contributed by atoms with E-state index in [0.717, 1.165) is 44.2 Å². The molecule has 2 aromatic carbocycles. The number of guanidine groups is 1. The molecule has 4 nitrogen and oxygen atoms in total. The maximum absolute atomic E-state index is 5.20. The summed E-state index contributed by atoms with van der Waals surface area (Å²) in [4.78, 5) is 6.76. The summed E-state index contributed by atoms with van der Waals surface area (Å²) in [6, 6.07) is 18.9. The van der Waals surface area contributed by atoms with Gasteiger partial charge in [-0.15, -0.1) is 24.0 Å². The molecule has 1 N–H and O–H groups in total. The fourth-order valence-electron chi connectivity index (χ4n) is 3.22. The smallest absolute Gasteiger partial charge is 0.193 e. The van der Waals surface area contributed by atoms with E-state index in [1.807, 2.05) is 19.2 Å². The highest BCUT2D eigenvalue weighted by Gasteiger charge is 2.15. The molecule has 0 unspecified atom stereocenters. The summed E-state index contributed by atoms with van der Waals surface area (Å²) < 4.78 is 5.20. The summed E-state index contributed by atoms with van der Waals surface area (Å²) in [5.41, 5.74) is 4.05. The zero-order valence-corrected chi connectivity index (χ0v) is 18.4. The van der Waals surface area contributed by atoms with Gasteiger partial charge in [0, 0.05) is 26.7 Å². The first-order valence-electron chi connectivity index (χ1n) is 9.13. The highest BCUT2D eigenvalue weighted by atomic mass is 127. The van der Waals surface area contributed by atoms with Crippen molar-refractivity contribution in [2.24, 2.45) is 4.99 Å². The first kappa shape index (κ1) is 21.3. The van der Waals surface area contributed by atoms with Gasteiger partial charge in [-0.25, -0.2) is 0 Å². The zero-order valence-electron chi connectivity index (χ0n) is 16.0. The Morgan fingerprint density at radius 2 is 1.85 bits per heavy atom. The van der Waals surface area contributed by atoms with Gasteiger partial charge in [0.2, 0.25) is 0 Å². The summed E-state index contributed by atoms with van der Waals surface area (Å²) in [7, 11) is 3.54. The summed E-state index contributed by atoms with van der Waals surface area (Å²) in [5.74, 6) is 1.87. The van der Waals surface area contributed by atoms with E-state index in [0.29, 0.717) is 0 Å². The van der Waals surface area contributed by atoms with Gasteiger partial charge in [0.15, 0.2) is 5.96 Å². The van der Waals surface area contributed by atoms with Crippen LogP contribution in [0, 0.1) is 0 Å². The van der Waals surface area contributed by atoms with E-state index in [4.69, 9.17) is 4.74 Å². The van der Waals surface area contributed by atoms with Crippen LogP contribution in [-0.2, 0) is 6.42 Å². The van der Waals surface area contributed by atoms with Crippen LogP contribution in [0.3, 0.4) is 0 Å². The van der Waals surface area contributed by atoms with Crippen LogP contribution in [0.5, 0.6) is 5.75 Å². The third-order valence-corrected chi connectivity index (χ3v) is 4.72.